The largest absolute Gasteiger partial charge is 0.351 e. The van der Waals surface area contributed by atoms with E-state index in [1.165, 1.54) is 6.42 Å². The molecule has 0 aliphatic carbocycles. The summed E-state index contributed by atoms with van der Waals surface area (Å²) in [5, 5.41) is 18.5. The topological polar surface area (TPSA) is 52.8 Å². The second-order valence-electron chi connectivity index (χ2n) is 6.35. The molecule has 0 saturated carbocycles. The molecular weight excluding hydrogens is 260 g/mol. The Hall–Kier alpha value is -1.63. The van der Waals surface area contributed by atoms with Gasteiger partial charge in [-0.15, -0.1) is 5.10 Å². The Labute approximate surface area is 128 Å². The van der Waals surface area contributed by atoms with Crippen molar-refractivity contribution in [2.75, 3.05) is 11.4 Å². The highest BCUT2D eigenvalue weighted by Crippen LogP contribution is 2.33. The van der Waals surface area contributed by atoms with E-state index in [2.05, 4.69) is 55.8 Å². The number of rotatable bonds is 3. The third-order valence-electron chi connectivity index (χ3n) is 4.81. The summed E-state index contributed by atoms with van der Waals surface area (Å²) in [7, 11) is 0. The standard InChI is InChI=1S/C17H26N4/c1-6-14-15(9-18)17(20-19-16(14)7-2)21-10-11(3)8-12(4)13(21)5/h11-13H,6-8,10H2,1-5H3. The predicted molar refractivity (Wildman–Crippen MR) is 85.3 cm³/mol. The van der Waals surface area contributed by atoms with Crippen LogP contribution in [0.3, 0.4) is 0 Å². The minimum Gasteiger partial charge on any atom is -0.351 e. The second-order valence-corrected chi connectivity index (χ2v) is 6.35. The molecule has 3 unspecified atom stereocenters. The highest BCUT2D eigenvalue weighted by Gasteiger charge is 2.32. The van der Waals surface area contributed by atoms with Gasteiger partial charge >= 0.3 is 0 Å². The van der Waals surface area contributed by atoms with Gasteiger partial charge in [-0.3, -0.25) is 0 Å². The van der Waals surface area contributed by atoms with E-state index in [9.17, 15) is 5.26 Å². The lowest BCUT2D eigenvalue weighted by molar-refractivity contribution is 0.295. The van der Waals surface area contributed by atoms with Crippen molar-refractivity contribution in [3.05, 3.63) is 16.8 Å². The van der Waals surface area contributed by atoms with E-state index in [1.54, 1.807) is 0 Å². The van der Waals surface area contributed by atoms with Crippen molar-refractivity contribution in [3.8, 4) is 6.07 Å². The van der Waals surface area contributed by atoms with E-state index >= 15 is 0 Å². The zero-order valence-electron chi connectivity index (χ0n) is 13.8. The van der Waals surface area contributed by atoms with Crippen molar-refractivity contribution in [1.29, 1.82) is 5.26 Å². The van der Waals surface area contributed by atoms with Crippen LogP contribution in [0.5, 0.6) is 0 Å². The Morgan fingerprint density at radius 1 is 1.19 bits per heavy atom. The van der Waals surface area contributed by atoms with Gasteiger partial charge in [-0.05, 0) is 43.6 Å². The summed E-state index contributed by atoms with van der Waals surface area (Å²) in [5.74, 6) is 2.02. The van der Waals surface area contributed by atoms with Crippen LogP contribution in [0.25, 0.3) is 0 Å². The number of hydrogen-bond donors (Lipinski definition) is 0. The lowest BCUT2D eigenvalue weighted by atomic mass is 9.85. The number of nitriles is 1. The van der Waals surface area contributed by atoms with Crippen LogP contribution in [0.2, 0.25) is 0 Å². The smallest absolute Gasteiger partial charge is 0.169 e. The maximum Gasteiger partial charge on any atom is 0.169 e. The molecule has 1 aromatic heterocycles. The Kier molecular flexibility index (Phi) is 4.82. The minimum absolute atomic E-state index is 0.403. The molecule has 0 amide bonds. The van der Waals surface area contributed by atoms with Gasteiger partial charge in [0.2, 0.25) is 0 Å². The summed E-state index contributed by atoms with van der Waals surface area (Å²) in [6, 6.07) is 2.80. The van der Waals surface area contributed by atoms with Gasteiger partial charge in [0.1, 0.15) is 11.6 Å². The van der Waals surface area contributed by atoms with Gasteiger partial charge in [0.25, 0.3) is 0 Å². The molecule has 1 aliphatic heterocycles. The summed E-state index contributed by atoms with van der Waals surface area (Å²) < 4.78 is 0. The van der Waals surface area contributed by atoms with Gasteiger partial charge in [-0.25, -0.2) is 0 Å². The average molecular weight is 286 g/mol. The first-order chi connectivity index (χ1) is 10.0. The van der Waals surface area contributed by atoms with Gasteiger partial charge in [-0.1, -0.05) is 27.7 Å². The third kappa shape index (κ3) is 2.88. The molecule has 1 aliphatic rings. The van der Waals surface area contributed by atoms with Crippen LogP contribution in [-0.2, 0) is 12.8 Å². The molecule has 1 saturated heterocycles. The molecule has 4 nitrogen and oxygen atoms in total. The van der Waals surface area contributed by atoms with Crippen LogP contribution < -0.4 is 4.90 Å². The number of piperidine rings is 1. The molecule has 114 valence electrons. The Morgan fingerprint density at radius 3 is 2.48 bits per heavy atom. The van der Waals surface area contributed by atoms with Crippen LogP contribution in [0.4, 0.5) is 5.82 Å². The molecule has 0 bridgehead atoms. The zero-order valence-corrected chi connectivity index (χ0v) is 13.8. The second kappa shape index (κ2) is 6.43. The molecule has 1 aromatic rings. The minimum atomic E-state index is 0.403. The van der Waals surface area contributed by atoms with Crippen LogP contribution in [0.15, 0.2) is 0 Å². The Balaban J connectivity index is 2.51. The molecule has 4 heteroatoms. The van der Waals surface area contributed by atoms with Gasteiger partial charge in [0, 0.05) is 12.6 Å². The number of hydrogen-bond acceptors (Lipinski definition) is 4. The third-order valence-corrected chi connectivity index (χ3v) is 4.81. The van der Waals surface area contributed by atoms with Crippen LogP contribution in [0, 0.1) is 23.2 Å². The monoisotopic (exact) mass is 286 g/mol. The van der Waals surface area contributed by atoms with E-state index in [1.807, 2.05) is 0 Å². The lowest BCUT2D eigenvalue weighted by Crippen LogP contribution is -2.46. The Bertz CT molecular complexity index is 546. The van der Waals surface area contributed by atoms with Crippen molar-refractivity contribution in [2.24, 2.45) is 11.8 Å². The summed E-state index contributed by atoms with van der Waals surface area (Å²) in [5.41, 5.74) is 2.77. The van der Waals surface area contributed by atoms with E-state index in [-0.39, 0.29) is 0 Å². The predicted octanol–water partition coefficient (Wildman–Crippen LogP) is 3.34. The zero-order chi connectivity index (χ0) is 15.6. The van der Waals surface area contributed by atoms with Crippen LogP contribution in [0.1, 0.15) is 57.9 Å². The first kappa shape index (κ1) is 15.8. The quantitative estimate of drug-likeness (QED) is 0.855. The molecule has 2 heterocycles. The molecular formula is C17H26N4. The van der Waals surface area contributed by atoms with Crippen LogP contribution >= 0.6 is 0 Å². The lowest BCUT2D eigenvalue weighted by Gasteiger charge is -2.42. The highest BCUT2D eigenvalue weighted by atomic mass is 15.3. The van der Waals surface area contributed by atoms with Crippen molar-refractivity contribution in [2.45, 2.75) is 59.9 Å². The SMILES string of the molecule is CCc1nnc(N2CC(C)CC(C)C2C)c(C#N)c1CC. The summed E-state index contributed by atoms with van der Waals surface area (Å²) in [6.07, 6.45) is 2.90. The van der Waals surface area contributed by atoms with Crippen molar-refractivity contribution in [3.63, 3.8) is 0 Å². The van der Waals surface area contributed by atoms with Crippen molar-refractivity contribution >= 4 is 5.82 Å². The number of aromatic nitrogens is 2. The van der Waals surface area contributed by atoms with Crippen LogP contribution in [-0.4, -0.2) is 22.8 Å². The summed E-state index contributed by atoms with van der Waals surface area (Å²) in [4.78, 5) is 2.29. The molecule has 0 N–H and O–H groups in total. The number of aryl methyl sites for hydroxylation is 1. The molecule has 2 rings (SSSR count). The van der Waals surface area contributed by atoms with E-state index in [0.29, 0.717) is 17.9 Å². The van der Waals surface area contributed by atoms with Crippen molar-refractivity contribution in [1.82, 2.24) is 10.2 Å². The van der Waals surface area contributed by atoms with Crippen molar-refractivity contribution < 1.29 is 0 Å². The molecule has 3 atom stereocenters. The summed E-state index contributed by atoms with van der Waals surface area (Å²) >= 11 is 0. The van der Waals surface area contributed by atoms with E-state index < -0.39 is 0 Å². The van der Waals surface area contributed by atoms with E-state index in [4.69, 9.17) is 0 Å². The first-order valence-corrected chi connectivity index (χ1v) is 8.08. The van der Waals surface area contributed by atoms with Gasteiger partial charge in [0.05, 0.1) is 5.69 Å². The Morgan fingerprint density at radius 2 is 1.90 bits per heavy atom. The highest BCUT2D eigenvalue weighted by molar-refractivity contribution is 5.59. The molecule has 1 fully saturated rings. The maximum absolute atomic E-state index is 9.65. The summed E-state index contributed by atoms with van der Waals surface area (Å²) in [6.45, 7) is 11.9. The average Bonchev–Trinajstić information content (AvgIpc) is 2.49. The molecule has 21 heavy (non-hydrogen) atoms. The fourth-order valence-corrected chi connectivity index (χ4v) is 3.48. The maximum atomic E-state index is 9.65. The van der Waals surface area contributed by atoms with Gasteiger partial charge < -0.3 is 4.90 Å². The molecule has 0 spiro atoms. The van der Waals surface area contributed by atoms with Gasteiger partial charge in [-0.2, -0.15) is 10.4 Å². The normalized spacial score (nSPS) is 25.7. The molecule has 0 radical (unpaired) electrons. The fraction of sp³-hybridized carbons (Fsp3) is 0.706. The number of anilines is 1. The van der Waals surface area contributed by atoms with Gasteiger partial charge in [0.15, 0.2) is 5.82 Å². The number of nitrogens with zero attached hydrogens (tertiary/aromatic N) is 4. The fourth-order valence-electron chi connectivity index (χ4n) is 3.48. The molecule has 0 aromatic carbocycles. The first-order valence-electron chi connectivity index (χ1n) is 8.08. The van der Waals surface area contributed by atoms with E-state index in [0.717, 1.165) is 42.0 Å².